The number of allylic oxidation sites excluding steroid dienone is 1. The third-order valence-electron chi connectivity index (χ3n) is 3.69. The van der Waals surface area contributed by atoms with E-state index >= 15 is 0 Å². The lowest BCUT2D eigenvalue weighted by atomic mass is 10.1. The Morgan fingerprint density at radius 3 is 2.50 bits per heavy atom. The van der Waals surface area contributed by atoms with E-state index in [2.05, 4.69) is 18.9 Å². The monoisotopic (exact) mass is 326 g/mol. The fourth-order valence-corrected chi connectivity index (χ4v) is 2.10. The Kier molecular flexibility index (Phi) is 6.36. The molecule has 0 bridgehead atoms. The molecule has 0 aliphatic heterocycles. The largest absolute Gasteiger partial charge is 0.494 e. The number of hydrogen-bond acceptors (Lipinski definition) is 3. The number of hydrogen-bond donors (Lipinski definition) is 0. The Morgan fingerprint density at radius 1 is 1.21 bits per heavy atom. The Bertz CT molecular complexity index is 682. The molecule has 0 N–H and O–H groups in total. The highest BCUT2D eigenvalue weighted by Crippen LogP contribution is 2.15. The molecule has 0 fully saturated rings. The van der Waals surface area contributed by atoms with E-state index in [0.717, 1.165) is 24.3 Å². The summed E-state index contributed by atoms with van der Waals surface area (Å²) in [5, 5.41) is 4.19. The summed E-state index contributed by atoms with van der Waals surface area (Å²) >= 11 is 0. The van der Waals surface area contributed by atoms with Gasteiger partial charge in [-0.1, -0.05) is 32.1 Å². The molecule has 0 atom stereocenters. The number of benzene rings is 1. The van der Waals surface area contributed by atoms with Crippen molar-refractivity contribution >= 4 is 11.9 Å². The molecule has 0 amide bonds. The third-order valence-corrected chi connectivity index (χ3v) is 3.69. The SMILES string of the molecule is CC(C)CCOc1ccc(/C=C/C(=O)c2cnn(C(C)C)c2)cc1. The van der Waals surface area contributed by atoms with Crippen LogP contribution in [0.5, 0.6) is 5.75 Å². The number of rotatable bonds is 8. The van der Waals surface area contributed by atoms with Gasteiger partial charge in [-0.3, -0.25) is 9.48 Å². The average molecular weight is 326 g/mol. The zero-order chi connectivity index (χ0) is 17.5. The molecular weight excluding hydrogens is 300 g/mol. The van der Waals surface area contributed by atoms with E-state index in [1.54, 1.807) is 23.2 Å². The Morgan fingerprint density at radius 2 is 1.92 bits per heavy atom. The predicted molar refractivity (Wildman–Crippen MR) is 97.4 cm³/mol. The summed E-state index contributed by atoms with van der Waals surface area (Å²) in [7, 11) is 0. The highest BCUT2D eigenvalue weighted by atomic mass is 16.5. The van der Waals surface area contributed by atoms with Crippen molar-refractivity contribution in [3.05, 3.63) is 53.9 Å². The van der Waals surface area contributed by atoms with Gasteiger partial charge in [-0.2, -0.15) is 5.10 Å². The molecule has 1 heterocycles. The van der Waals surface area contributed by atoms with E-state index in [4.69, 9.17) is 4.74 Å². The molecule has 4 nitrogen and oxygen atoms in total. The molecule has 0 unspecified atom stereocenters. The summed E-state index contributed by atoms with van der Waals surface area (Å²) in [5.74, 6) is 1.45. The second-order valence-corrected chi connectivity index (χ2v) is 6.60. The van der Waals surface area contributed by atoms with Gasteiger partial charge in [-0.05, 0) is 50.0 Å². The number of ether oxygens (including phenoxy) is 1. The first kappa shape index (κ1) is 18.0. The van der Waals surface area contributed by atoms with E-state index in [0.29, 0.717) is 11.5 Å². The van der Waals surface area contributed by atoms with Crippen LogP contribution in [0.25, 0.3) is 6.08 Å². The molecule has 1 aromatic heterocycles. The summed E-state index contributed by atoms with van der Waals surface area (Å²) in [6.07, 6.45) is 7.82. The maximum Gasteiger partial charge on any atom is 0.189 e. The lowest BCUT2D eigenvalue weighted by Crippen LogP contribution is -2.01. The molecule has 0 saturated carbocycles. The van der Waals surface area contributed by atoms with Crippen LogP contribution in [0.2, 0.25) is 0 Å². The van der Waals surface area contributed by atoms with Crippen LogP contribution < -0.4 is 4.74 Å². The van der Waals surface area contributed by atoms with Crippen molar-refractivity contribution in [2.75, 3.05) is 6.61 Å². The summed E-state index contributed by atoms with van der Waals surface area (Å²) in [6, 6.07) is 8.01. The van der Waals surface area contributed by atoms with Gasteiger partial charge in [0.2, 0.25) is 0 Å². The molecule has 0 saturated heterocycles. The van der Waals surface area contributed by atoms with Gasteiger partial charge in [0.15, 0.2) is 5.78 Å². The van der Waals surface area contributed by atoms with Gasteiger partial charge in [0.05, 0.1) is 18.4 Å². The van der Waals surface area contributed by atoms with Crippen molar-refractivity contribution in [1.82, 2.24) is 9.78 Å². The van der Waals surface area contributed by atoms with Crippen molar-refractivity contribution < 1.29 is 9.53 Å². The fraction of sp³-hybridized carbons (Fsp3) is 0.400. The summed E-state index contributed by atoms with van der Waals surface area (Å²) in [4.78, 5) is 12.2. The first-order valence-corrected chi connectivity index (χ1v) is 8.45. The molecule has 0 aliphatic rings. The number of aromatic nitrogens is 2. The second kappa shape index (κ2) is 8.48. The Balaban J connectivity index is 1.92. The van der Waals surface area contributed by atoms with Crippen molar-refractivity contribution in [3.63, 3.8) is 0 Å². The predicted octanol–water partition coefficient (Wildman–Crippen LogP) is 4.79. The minimum absolute atomic E-state index is 0.0424. The van der Waals surface area contributed by atoms with E-state index in [9.17, 15) is 4.79 Å². The molecule has 2 aromatic rings. The Labute approximate surface area is 144 Å². The molecule has 2 rings (SSSR count). The smallest absolute Gasteiger partial charge is 0.189 e. The van der Waals surface area contributed by atoms with E-state index in [1.165, 1.54) is 0 Å². The molecule has 0 spiro atoms. The van der Waals surface area contributed by atoms with Gasteiger partial charge >= 0.3 is 0 Å². The van der Waals surface area contributed by atoms with Crippen LogP contribution >= 0.6 is 0 Å². The fourth-order valence-electron chi connectivity index (χ4n) is 2.10. The molecule has 0 radical (unpaired) electrons. The average Bonchev–Trinajstić information content (AvgIpc) is 3.04. The minimum atomic E-state index is -0.0424. The molecule has 0 aliphatic carbocycles. The number of carbonyl (C=O) groups excluding carboxylic acids is 1. The maximum atomic E-state index is 12.2. The van der Waals surface area contributed by atoms with Crippen LogP contribution in [-0.2, 0) is 0 Å². The topological polar surface area (TPSA) is 44.1 Å². The van der Waals surface area contributed by atoms with Crippen molar-refractivity contribution in [3.8, 4) is 5.75 Å². The first-order chi connectivity index (χ1) is 11.5. The lowest BCUT2D eigenvalue weighted by Gasteiger charge is -2.07. The van der Waals surface area contributed by atoms with Gasteiger partial charge in [-0.15, -0.1) is 0 Å². The number of nitrogens with zero attached hydrogens (tertiary/aromatic N) is 2. The molecular formula is C20H26N2O2. The number of carbonyl (C=O) groups is 1. The van der Waals surface area contributed by atoms with Gasteiger partial charge < -0.3 is 4.74 Å². The highest BCUT2D eigenvalue weighted by molar-refractivity contribution is 6.06. The minimum Gasteiger partial charge on any atom is -0.494 e. The van der Waals surface area contributed by atoms with E-state index < -0.39 is 0 Å². The van der Waals surface area contributed by atoms with Gasteiger partial charge in [0, 0.05) is 12.2 Å². The van der Waals surface area contributed by atoms with Crippen molar-refractivity contribution in [2.45, 2.75) is 40.2 Å². The van der Waals surface area contributed by atoms with Crippen LogP contribution in [0.4, 0.5) is 0 Å². The van der Waals surface area contributed by atoms with Crippen LogP contribution in [0.1, 0.15) is 56.1 Å². The molecule has 24 heavy (non-hydrogen) atoms. The van der Waals surface area contributed by atoms with Crippen LogP contribution in [0.15, 0.2) is 42.7 Å². The maximum absolute atomic E-state index is 12.2. The van der Waals surface area contributed by atoms with Gasteiger partial charge in [0.25, 0.3) is 0 Å². The summed E-state index contributed by atoms with van der Waals surface area (Å²) < 4.78 is 7.47. The van der Waals surface area contributed by atoms with Gasteiger partial charge in [-0.25, -0.2) is 0 Å². The first-order valence-electron chi connectivity index (χ1n) is 8.45. The summed E-state index contributed by atoms with van der Waals surface area (Å²) in [6.45, 7) is 9.15. The van der Waals surface area contributed by atoms with Crippen molar-refractivity contribution in [2.24, 2.45) is 5.92 Å². The lowest BCUT2D eigenvalue weighted by molar-refractivity contribution is 0.104. The quantitative estimate of drug-likeness (QED) is 0.518. The van der Waals surface area contributed by atoms with Gasteiger partial charge in [0.1, 0.15) is 5.75 Å². The highest BCUT2D eigenvalue weighted by Gasteiger charge is 2.07. The molecule has 4 heteroatoms. The zero-order valence-corrected chi connectivity index (χ0v) is 14.9. The normalized spacial score (nSPS) is 11.6. The standard InChI is InChI=1S/C20H26N2O2/c1-15(2)11-12-24-19-8-5-17(6-9-19)7-10-20(23)18-13-21-22(14-18)16(3)4/h5-10,13-16H,11-12H2,1-4H3/b10-7+. The third kappa shape index (κ3) is 5.37. The molecule has 1 aromatic carbocycles. The zero-order valence-electron chi connectivity index (χ0n) is 14.9. The van der Waals surface area contributed by atoms with Crippen LogP contribution in [-0.4, -0.2) is 22.2 Å². The van der Waals surface area contributed by atoms with E-state index in [1.807, 2.05) is 44.2 Å². The van der Waals surface area contributed by atoms with Crippen molar-refractivity contribution in [1.29, 1.82) is 0 Å². The second-order valence-electron chi connectivity index (χ2n) is 6.60. The van der Waals surface area contributed by atoms with E-state index in [-0.39, 0.29) is 11.8 Å². The Hall–Kier alpha value is -2.36. The van der Waals surface area contributed by atoms with Crippen LogP contribution in [0, 0.1) is 5.92 Å². The number of ketones is 1. The summed E-state index contributed by atoms with van der Waals surface area (Å²) in [5.41, 5.74) is 1.57. The molecule has 128 valence electrons. The van der Waals surface area contributed by atoms with Crippen LogP contribution in [0.3, 0.4) is 0 Å².